The fourth-order valence-electron chi connectivity index (χ4n) is 2.70. The molecule has 0 aromatic heterocycles. The molecule has 122 valence electrons. The molecule has 6 nitrogen and oxygen atoms in total. The van der Waals surface area contributed by atoms with Gasteiger partial charge in [-0.05, 0) is 48.2 Å². The molecule has 1 heterocycles. The molecule has 1 amide bonds. The van der Waals surface area contributed by atoms with E-state index >= 15 is 0 Å². The summed E-state index contributed by atoms with van der Waals surface area (Å²) in [5.41, 5.74) is 6.38. The van der Waals surface area contributed by atoms with Gasteiger partial charge >= 0.3 is 0 Å². The Kier molecular flexibility index (Phi) is 6.77. The summed E-state index contributed by atoms with van der Waals surface area (Å²) in [6.45, 7) is 2.58. The van der Waals surface area contributed by atoms with Crippen LogP contribution in [0.25, 0.3) is 0 Å². The molecule has 1 fully saturated rings. The number of amides is 1. The van der Waals surface area contributed by atoms with Gasteiger partial charge in [0.1, 0.15) is 0 Å². The normalized spacial score (nSPS) is 19.2. The van der Waals surface area contributed by atoms with Crippen molar-refractivity contribution in [2.24, 2.45) is 5.73 Å². The first-order valence-corrected chi connectivity index (χ1v) is 7.71. The monoisotopic (exact) mass is 391 g/mol. The first kappa shape index (κ1) is 18.9. The molecule has 2 atom stereocenters. The second-order valence-electron chi connectivity index (χ2n) is 5.34. The van der Waals surface area contributed by atoms with E-state index in [9.17, 15) is 14.9 Å². The van der Waals surface area contributed by atoms with Crippen molar-refractivity contribution < 1.29 is 9.72 Å². The summed E-state index contributed by atoms with van der Waals surface area (Å²) in [6.07, 6.45) is 2.92. The standard InChI is InChI=1S/C14H18BrN3O3.ClH/c1-9(16)13-4-2-3-7-17(13)14(19)11-6-5-10(18(20)21)8-12(11)15;/h5-6,8-9,13H,2-4,7,16H2,1H3;1H. The van der Waals surface area contributed by atoms with Crippen LogP contribution in [0.4, 0.5) is 5.69 Å². The molecule has 1 aromatic rings. The van der Waals surface area contributed by atoms with Gasteiger partial charge < -0.3 is 10.6 Å². The lowest BCUT2D eigenvalue weighted by Crippen LogP contribution is -2.51. The molecule has 22 heavy (non-hydrogen) atoms. The summed E-state index contributed by atoms with van der Waals surface area (Å²) in [4.78, 5) is 24.7. The van der Waals surface area contributed by atoms with E-state index in [0.717, 1.165) is 19.3 Å². The highest BCUT2D eigenvalue weighted by Gasteiger charge is 2.30. The summed E-state index contributed by atoms with van der Waals surface area (Å²) in [5, 5.41) is 10.8. The molecule has 1 saturated heterocycles. The van der Waals surface area contributed by atoms with Crippen LogP contribution < -0.4 is 5.73 Å². The Labute approximate surface area is 143 Å². The number of carbonyl (C=O) groups excluding carboxylic acids is 1. The number of hydrogen-bond donors (Lipinski definition) is 1. The fourth-order valence-corrected chi connectivity index (χ4v) is 3.24. The number of likely N-dealkylation sites (tertiary alicyclic amines) is 1. The lowest BCUT2D eigenvalue weighted by molar-refractivity contribution is -0.384. The SMILES string of the molecule is CC(N)C1CCCCN1C(=O)c1ccc([N+](=O)[O-])cc1Br.Cl. The summed E-state index contributed by atoms with van der Waals surface area (Å²) >= 11 is 3.26. The van der Waals surface area contributed by atoms with Gasteiger partial charge in [0.25, 0.3) is 11.6 Å². The van der Waals surface area contributed by atoms with Crippen LogP contribution in [0.3, 0.4) is 0 Å². The number of nitro groups is 1. The molecule has 1 aliphatic heterocycles. The summed E-state index contributed by atoms with van der Waals surface area (Å²) in [7, 11) is 0. The number of halogens is 2. The van der Waals surface area contributed by atoms with E-state index in [4.69, 9.17) is 5.73 Å². The molecule has 1 aromatic carbocycles. The van der Waals surface area contributed by atoms with Crippen LogP contribution in [-0.4, -0.2) is 34.4 Å². The van der Waals surface area contributed by atoms with Gasteiger partial charge in [0.2, 0.25) is 0 Å². The maximum Gasteiger partial charge on any atom is 0.270 e. The van der Waals surface area contributed by atoms with Gasteiger partial charge in [-0.2, -0.15) is 0 Å². The maximum absolute atomic E-state index is 12.7. The Hall–Kier alpha value is -1.18. The van der Waals surface area contributed by atoms with Crippen molar-refractivity contribution in [1.29, 1.82) is 0 Å². The zero-order chi connectivity index (χ0) is 15.6. The minimum absolute atomic E-state index is 0. The number of nitrogens with zero attached hydrogens (tertiary/aromatic N) is 2. The Balaban J connectivity index is 0.00000242. The molecule has 0 spiro atoms. The summed E-state index contributed by atoms with van der Waals surface area (Å²) < 4.78 is 0.440. The van der Waals surface area contributed by atoms with E-state index in [1.165, 1.54) is 18.2 Å². The highest BCUT2D eigenvalue weighted by molar-refractivity contribution is 9.10. The predicted octanol–water partition coefficient (Wildman–Crippen LogP) is 3.12. The van der Waals surface area contributed by atoms with Crippen molar-refractivity contribution in [2.75, 3.05) is 6.54 Å². The minimum Gasteiger partial charge on any atom is -0.334 e. The lowest BCUT2D eigenvalue weighted by atomic mass is 9.96. The number of rotatable bonds is 3. The number of non-ortho nitro benzene ring substituents is 1. The van der Waals surface area contributed by atoms with Gasteiger partial charge in [-0.15, -0.1) is 12.4 Å². The quantitative estimate of drug-likeness (QED) is 0.632. The van der Waals surface area contributed by atoms with Crippen LogP contribution in [0.2, 0.25) is 0 Å². The number of benzene rings is 1. The molecule has 0 aliphatic carbocycles. The molecule has 2 N–H and O–H groups in total. The van der Waals surface area contributed by atoms with Crippen molar-refractivity contribution in [3.63, 3.8) is 0 Å². The van der Waals surface area contributed by atoms with Gasteiger partial charge in [0.15, 0.2) is 0 Å². The van der Waals surface area contributed by atoms with Crippen molar-refractivity contribution in [3.8, 4) is 0 Å². The van der Waals surface area contributed by atoms with Gasteiger partial charge in [0.05, 0.1) is 10.5 Å². The van der Waals surface area contributed by atoms with Crippen LogP contribution in [0, 0.1) is 10.1 Å². The summed E-state index contributed by atoms with van der Waals surface area (Å²) in [6, 6.07) is 4.14. The highest BCUT2D eigenvalue weighted by atomic mass is 79.9. The van der Waals surface area contributed by atoms with E-state index in [0.29, 0.717) is 16.6 Å². The first-order chi connectivity index (χ1) is 9.91. The van der Waals surface area contributed by atoms with E-state index in [1.54, 1.807) is 4.90 Å². The molecule has 0 radical (unpaired) electrons. The Morgan fingerprint density at radius 1 is 1.50 bits per heavy atom. The number of nitrogens with two attached hydrogens (primary N) is 1. The molecule has 2 unspecified atom stereocenters. The van der Waals surface area contributed by atoms with Gasteiger partial charge in [0, 0.05) is 35.2 Å². The Bertz CT molecular complexity index is 568. The van der Waals surface area contributed by atoms with Crippen molar-refractivity contribution in [2.45, 2.75) is 38.3 Å². The second kappa shape index (κ2) is 7.89. The van der Waals surface area contributed by atoms with Crippen LogP contribution in [-0.2, 0) is 0 Å². The average molecular weight is 393 g/mol. The average Bonchev–Trinajstić information content (AvgIpc) is 2.46. The zero-order valence-corrected chi connectivity index (χ0v) is 14.6. The number of nitro benzene ring substituents is 1. The number of piperidine rings is 1. The lowest BCUT2D eigenvalue weighted by Gasteiger charge is -2.38. The second-order valence-corrected chi connectivity index (χ2v) is 6.20. The Morgan fingerprint density at radius 3 is 2.73 bits per heavy atom. The Morgan fingerprint density at radius 2 is 2.18 bits per heavy atom. The third-order valence-corrected chi connectivity index (χ3v) is 4.47. The van der Waals surface area contributed by atoms with Crippen LogP contribution in [0.1, 0.15) is 36.5 Å². The predicted molar refractivity (Wildman–Crippen MR) is 90.4 cm³/mol. The number of carbonyl (C=O) groups is 1. The molecule has 8 heteroatoms. The van der Waals surface area contributed by atoms with Gasteiger partial charge in [-0.3, -0.25) is 14.9 Å². The largest absolute Gasteiger partial charge is 0.334 e. The highest BCUT2D eigenvalue weighted by Crippen LogP contribution is 2.27. The third kappa shape index (κ3) is 3.97. The van der Waals surface area contributed by atoms with Crippen molar-refractivity contribution >= 4 is 39.9 Å². The van der Waals surface area contributed by atoms with E-state index in [2.05, 4.69) is 15.9 Å². The molecule has 0 saturated carbocycles. The molecule has 1 aliphatic rings. The molecular weight excluding hydrogens is 374 g/mol. The van der Waals surface area contributed by atoms with E-state index < -0.39 is 4.92 Å². The number of hydrogen-bond acceptors (Lipinski definition) is 4. The van der Waals surface area contributed by atoms with E-state index in [-0.39, 0.29) is 36.1 Å². The maximum atomic E-state index is 12.7. The van der Waals surface area contributed by atoms with Crippen LogP contribution >= 0.6 is 28.3 Å². The minimum atomic E-state index is -0.481. The van der Waals surface area contributed by atoms with Crippen molar-refractivity contribution in [3.05, 3.63) is 38.3 Å². The summed E-state index contributed by atoms with van der Waals surface area (Å²) in [5.74, 6) is -0.126. The van der Waals surface area contributed by atoms with Crippen LogP contribution in [0.5, 0.6) is 0 Å². The first-order valence-electron chi connectivity index (χ1n) is 6.92. The van der Waals surface area contributed by atoms with E-state index in [1.807, 2.05) is 6.92 Å². The molecule has 2 rings (SSSR count). The topological polar surface area (TPSA) is 89.5 Å². The van der Waals surface area contributed by atoms with Gasteiger partial charge in [-0.25, -0.2) is 0 Å². The molecular formula is C14H19BrClN3O3. The van der Waals surface area contributed by atoms with Gasteiger partial charge in [-0.1, -0.05) is 0 Å². The van der Waals surface area contributed by atoms with Crippen molar-refractivity contribution in [1.82, 2.24) is 4.90 Å². The van der Waals surface area contributed by atoms with Crippen LogP contribution in [0.15, 0.2) is 22.7 Å². The fraction of sp³-hybridized carbons (Fsp3) is 0.500. The molecule has 0 bridgehead atoms. The smallest absolute Gasteiger partial charge is 0.270 e. The third-order valence-electron chi connectivity index (χ3n) is 3.81. The zero-order valence-electron chi connectivity index (χ0n) is 12.2.